The van der Waals surface area contributed by atoms with E-state index in [9.17, 15) is 0 Å². The van der Waals surface area contributed by atoms with E-state index in [1.807, 2.05) is 0 Å². The van der Waals surface area contributed by atoms with Crippen LogP contribution in [0.25, 0.3) is 71.3 Å². The van der Waals surface area contributed by atoms with Crippen molar-refractivity contribution >= 4 is 394 Å². The van der Waals surface area contributed by atoms with Crippen LogP contribution in [0.2, 0.25) is 0 Å². The molecule has 10 rings (SSSR count). The topological polar surface area (TPSA) is 0 Å². The molecule has 1 unspecified atom stereocenters. The summed E-state index contributed by atoms with van der Waals surface area (Å²) < 4.78 is 0. The largest absolute Gasteiger partial charge is 0.140 e. The zero-order valence-corrected chi connectivity index (χ0v) is 53.8. The molecule has 8 aromatic rings. The van der Waals surface area contributed by atoms with Crippen LogP contribution in [0.15, 0.2) is 34.6 Å². The Morgan fingerprint density at radius 3 is 0.987 bits per heavy atom. The van der Waals surface area contributed by atoms with Gasteiger partial charge in [-0.15, -0.1) is 55.8 Å². The van der Waals surface area contributed by atoms with Gasteiger partial charge in [0.1, 0.15) is 220 Å². The molecule has 0 fully saturated rings. The molecule has 1 spiro atoms. The lowest BCUT2D eigenvalue weighted by Crippen LogP contribution is -2.55. The van der Waals surface area contributed by atoms with Crippen molar-refractivity contribution in [1.82, 2.24) is 0 Å². The molecule has 2 aliphatic carbocycles. The van der Waals surface area contributed by atoms with Crippen LogP contribution >= 0.6 is 0 Å². The highest BCUT2D eigenvalue weighted by atomic mass is 14.6. The Morgan fingerprint density at radius 1 is 0.308 bits per heavy atom. The number of hydrogen-bond acceptors (Lipinski definition) is 0. The maximum absolute atomic E-state index is 5.01. The summed E-state index contributed by atoms with van der Waals surface area (Å²) in [4.78, 5) is 0. The van der Waals surface area contributed by atoms with Gasteiger partial charge < -0.3 is 0 Å². The zero-order valence-electron chi connectivity index (χ0n) is 53.8. The molecule has 28 heteroatoms. The first-order valence-corrected chi connectivity index (χ1v) is 29.2. The molecule has 8 aromatic carbocycles. The summed E-state index contributed by atoms with van der Waals surface area (Å²) >= 11 is 0. The van der Waals surface area contributed by atoms with E-state index >= 15 is 0 Å². The van der Waals surface area contributed by atoms with E-state index in [2.05, 4.69) is 233 Å². The Labute approximate surface area is 493 Å². The summed E-state index contributed by atoms with van der Waals surface area (Å²) in [5, 5.41) is 8.66. The first-order chi connectivity index (χ1) is 36.3. The SMILES string of the molecule is BC(=C)C1=C(/C(B)=C(/B)C)c2c(B)c(B)c(B)c(B)c2C12c1cc(-c3c(B)c(B)c(-c4c(B)c(B)c5c6c(B)c(B)c(B)c(B)c6c6c(B)c(B)c(B)c(B)c6c5c4B)c(B)c3B)c(B)c(B)c1-c1c(B)c(B)c(B)c(B)c12. The van der Waals surface area contributed by atoms with Crippen molar-refractivity contribution in [1.29, 1.82) is 0 Å². The monoisotopic (exact) mass is 971 g/mol. The van der Waals surface area contributed by atoms with Crippen molar-refractivity contribution in [2.75, 3.05) is 0 Å². The smallest absolute Gasteiger partial charge is 0.119 e. The minimum absolute atomic E-state index is 0.567. The number of fused-ring (bicyclic) bond motifs is 13. The van der Waals surface area contributed by atoms with Gasteiger partial charge in [0.05, 0.1) is 5.41 Å². The highest BCUT2D eigenvalue weighted by molar-refractivity contribution is 6.77. The van der Waals surface area contributed by atoms with Crippen LogP contribution in [0.4, 0.5) is 0 Å². The molecule has 0 aromatic heterocycles. The Hall–Kier alpha value is -4.42. The fourth-order valence-electron chi connectivity index (χ4n) is 16.4. The van der Waals surface area contributed by atoms with Gasteiger partial charge in [0, 0.05) is 0 Å². The Kier molecular flexibility index (Phi) is 13.7. The highest BCUT2D eigenvalue weighted by Gasteiger charge is 2.56. The predicted molar refractivity (Wildman–Crippen MR) is 440 cm³/mol. The standard InChI is InChI=1S/C50H62B28/c1-4(51)21-17(24(53)5(2)52)18-23(41(70)49(78)47(76)36(18)65)50(21)7-3-6(25(54)29(58)9(7)16-22(50)40(69)48(77)46(75)35(16)64)8-27(56)38(67)20(39(68)28(8)57)19-26(55)10-11(30(59)37(19)66)13-15(34(63)45(74)43(72)32(13)61)14-12(10)31(60)42(71)44(73)33(14)62/h3H,1,51-78H2,2H3/b24-5-. The van der Waals surface area contributed by atoms with E-state index in [1.165, 1.54) is 247 Å². The first-order valence-electron chi connectivity index (χ1n) is 29.2. The third kappa shape index (κ3) is 6.88. The summed E-state index contributed by atoms with van der Waals surface area (Å²) in [5.74, 6) is 0. The quantitative estimate of drug-likeness (QED) is 0.122. The van der Waals surface area contributed by atoms with Gasteiger partial charge in [0.2, 0.25) is 0 Å². The third-order valence-electron chi connectivity index (χ3n) is 22.7. The van der Waals surface area contributed by atoms with E-state index in [4.69, 9.17) is 6.58 Å². The fraction of sp³-hybridized carbons (Fsp3) is 0.0400. The second-order valence-electron chi connectivity index (χ2n) is 25.8. The normalized spacial score (nSPS) is 14.9. The molecule has 346 valence electrons. The molecule has 0 heterocycles. The average molecular weight is 966 g/mol. The van der Waals surface area contributed by atoms with Crippen molar-refractivity contribution < 1.29 is 0 Å². The van der Waals surface area contributed by atoms with Crippen molar-refractivity contribution in [3.63, 3.8) is 0 Å². The van der Waals surface area contributed by atoms with Crippen molar-refractivity contribution in [2.45, 2.75) is 12.3 Å². The van der Waals surface area contributed by atoms with Gasteiger partial charge >= 0.3 is 0 Å². The molecule has 0 radical (unpaired) electrons. The minimum atomic E-state index is -0.567. The van der Waals surface area contributed by atoms with Gasteiger partial charge in [-0.2, -0.15) is 0 Å². The van der Waals surface area contributed by atoms with Gasteiger partial charge in [-0.3, -0.25) is 0 Å². The molecule has 0 saturated heterocycles. The predicted octanol–water partition coefficient (Wildman–Crippen LogP) is -33.3. The first kappa shape index (κ1) is 56.8. The molecule has 0 nitrogen and oxygen atoms in total. The Morgan fingerprint density at radius 2 is 0.590 bits per heavy atom. The molecule has 2 aliphatic rings. The van der Waals surface area contributed by atoms with Crippen molar-refractivity contribution in [3.05, 3.63) is 56.9 Å². The number of allylic oxidation sites excluding steroid dienone is 5. The van der Waals surface area contributed by atoms with E-state index < -0.39 is 5.41 Å². The third-order valence-corrected chi connectivity index (χ3v) is 22.7. The molecular formula is C50H62B28. The van der Waals surface area contributed by atoms with Gasteiger partial charge in [-0.05, 0) is 105 Å². The molecule has 0 amide bonds. The molecule has 1 atom stereocenters. The second-order valence-corrected chi connectivity index (χ2v) is 25.8. The summed E-state index contributed by atoms with van der Waals surface area (Å²) in [6.45, 7) is 7.31. The van der Waals surface area contributed by atoms with Crippen LogP contribution in [0, 0.1) is 0 Å². The molecule has 0 aliphatic heterocycles. The van der Waals surface area contributed by atoms with Gasteiger partial charge in [-0.25, -0.2) is 0 Å². The van der Waals surface area contributed by atoms with Gasteiger partial charge in [0.25, 0.3) is 0 Å². The Balaban J connectivity index is 1.38. The van der Waals surface area contributed by atoms with Crippen LogP contribution in [0.1, 0.15) is 29.2 Å². The van der Waals surface area contributed by atoms with Crippen LogP contribution in [-0.2, 0) is 5.41 Å². The van der Waals surface area contributed by atoms with Crippen LogP contribution < -0.4 is 137 Å². The van der Waals surface area contributed by atoms with E-state index in [1.54, 1.807) is 0 Å². The maximum Gasteiger partial charge on any atom is 0.140 e. The lowest BCUT2D eigenvalue weighted by Gasteiger charge is -2.38. The second kappa shape index (κ2) is 18.8. The Bertz CT molecular complexity index is 4300. The van der Waals surface area contributed by atoms with E-state index in [-0.39, 0.29) is 0 Å². The number of hydrogen-bond donors (Lipinski definition) is 0. The number of rotatable bonds is 4. The van der Waals surface area contributed by atoms with Gasteiger partial charge in [-0.1, -0.05) is 111 Å². The summed E-state index contributed by atoms with van der Waals surface area (Å²) in [7, 11) is 67.0. The summed E-state index contributed by atoms with van der Waals surface area (Å²) in [5.41, 5.74) is 55.3. The fourth-order valence-corrected chi connectivity index (χ4v) is 16.4. The minimum Gasteiger partial charge on any atom is -0.119 e. The molecule has 0 bridgehead atoms. The summed E-state index contributed by atoms with van der Waals surface area (Å²) in [6, 6.07) is 2.71. The lowest BCUT2D eigenvalue weighted by atomic mass is 9.54. The zero-order chi connectivity index (χ0) is 57.8. The van der Waals surface area contributed by atoms with Crippen LogP contribution in [0.3, 0.4) is 0 Å². The summed E-state index contributed by atoms with van der Waals surface area (Å²) in [6.07, 6.45) is 0. The lowest BCUT2D eigenvalue weighted by molar-refractivity contribution is 0.797. The van der Waals surface area contributed by atoms with Crippen molar-refractivity contribution in [3.8, 4) is 33.4 Å². The van der Waals surface area contributed by atoms with Crippen LogP contribution in [-0.4, -0.2) is 220 Å². The van der Waals surface area contributed by atoms with Gasteiger partial charge in [0.15, 0.2) is 0 Å². The maximum atomic E-state index is 5.01. The molecule has 0 saturated carbocycles. The van der Waals surface area contributed by atoms with Crippen LogP contribution in [0.5, 0.6) is 0 Å². The average Bonchev–Trinajstić information content (AvgIpc) is 3.45. The molecule has 78 heavy (non-hydrogen) atoms. The molecule has 0 N–H and O–H groups in total. The van der Waals surface area contributed by atoms with E-state index in [0.29, 0.717) is 0 Å². The van der Waals surface area contributed by atoms with Crippen molar-refractivity contribution in [2.24, 2.45) is 0 Å². The number of benzene rings is 8. The molecular weight excluding hydrogens is 903 g/mol. The van der Waals surface area contributed by atoms with E-state index in [0.717, 1.165) is 5.47 Å². The highest BCUT2D eigenvalue weighted by Crippen LogP contribution is 2.62.